The van der Waals surface area contributed by atoms with Gasteiger partial charge in [0.1, 0.15) is 0 Å². The number of amides is 1. The Morgan fingerprint density at radius 3 is 2.67 bits per heavy atom. The molecule has 164 valence electrons. The second kappa shape index (κ2) is 9.89. The summed E-state index contributed by atoms with van der Waals surface area (Å²) in [5, 5.41) is 13.8. The van der Waals surface area contributed by atoms with Gasteiger partial charge < -0.3 is 15.0 Å². The smallest absolute Gasteiger partial charge is 0.224 e. The molecule has 30 heavy (non-hydrogen) atoms. The highest BCUT2D eigenvalue weighted by Crippen LogP contribution is 2.29. The molecule has 2 aliphatic rings. The van der Waals surface area contributed by atoms with E-state index in [0.717, 1.165) is 86.9 Å². The first-order chi connectivity index (χ1) is 14.6. The summed E-state index contributed by atoms with van der Waals surface area (Å²) in [6.07, 6.45) is 2.92. The second-order valence-electron chi connectivity index (χ2n) is 8.20. The van der Waals surface area contributed by atoms with E-state index in [1.807, 2.05) is 0 Å². The molecule has 2 fully saturated rings. The monoisotopic (exact) mass is 432 g/mol. The Labute approximate surface area is 182 Å². The molecule has 2 saturated heterocycles. The molecule has 1 unspecified atom stereocenters. The minimum absolute atomic E-state index is 0.0181. The van der Waals surface area contributed by atoms with Crippen molar-refractivity contribution in [3.05, 3.63) is 23.5 Å². The Morgan fingerprint density at radius 1 is 1.17 bits per heavy atom. The number of anilines is 1. The van der Waals surface area contributed by atoms with Crippen LogP contribution in [0.5, 0.6) is 0 Å². The van der Waals surface area contributed by atoms with E-state index in [-0.39, 0.29) is 11.8 Å². The van der Waals surface area contributed by atoms with E-state index < -0.39 is 0 Å². The molecule has 8 nitrogen and oxygen atoms in total. The van der Waals surface area contributed by atoms with Crippen LogP contribution < -0.4 is 10.2 Å². The fourth-order valence-corrected chi connectivity index (χ4v) is 5.25. The van der Waals surface area contributed by atoms with Gasteiger partial charge in [0.15, 0.2) is 0 Å². The average molecular weight is 433 g/mol. The lowest BCUT2D eigenvalue weighted by Crippen LogP contribution is -2.44. The van der Waals surface area contributed by atoms with Crippen molar-refractivity contribution in [3.63, 3.8) is 0 Å². The van der Waals surface area contributed by atoms with Crippen molar-refractivity contribution in [2.24, 2.45) is 5.92 Å². The molecule has 0 spiro atoms. The zero-order valence-corrected chi connectivity index (χ0v) is 18.8. The van der Waals surface area contributed by atoms with Gasteiger partial charge in [0, 0.05) is 44.1 Å². The third-order valence-electron chi connectivity index (χ3n) is 5.98. The van der Waals surface area contributed by atoms with E-state index in [0.29, 0.717) is 6.54 Å². The summed E-state index contributed by atoms with van der Waals surface area (Å²) in [6.45, 7) is 11.2. The van der Waals surface area contributed by atoms with E-state index >= 15 is 0 Å². The van der Waals surface area contributed by atoms with Crippen LogP contribution in [0.2, 0.25) is 0 Å². The number of rotatable bonds is 7. The Hall–Kier alpha value is -1.97. The van der Waals surface area contributed by atoms with Crippen LogP contribution in [-0.2, 0) is 9.53 Å². The Bertz CT molecular complexity index is 825. The van der Waals surface area contributed by atoms with Crippen LogP contribution in [0.3, 0.4) is 0 Å². The van der Waals surface area contributed by atoms with Crippen molar-refractivity contribution in [1.29, 1.82) is 0 Å². The molecule has 2 aromatic rings. The van der Waals surface area contributed by atoms with Crippen LogP contribution in [0, 0.1) is 19.8 Å². The number of ether oxygens (including phenoxy) is 1. The van der Waals surface area contributed by atoms with Gasteiger partial charge in [0.2, 0.25) is 16.2 Å². The maximum atomic E-state index is 12.7. The lowest BCUT2D eigenvalue weighted by atomic mass is 9.97. The van der Waals surface area contributed by atoms with Gasteiger partial charge in [-0.25, -0.2) is 0 Å². The predicted octanol–water partition coefficient (Wildman–Crippen LogP) is 2.00. The van der Waals surface area contributed by atoms with Gasteiger partial charge in [-0.15, -0.1) is 10.2 Å². The van der Waals surface area contributed by atoms with Gasteiger partial charge >= 0.3 is 0 Å². The summed E-state index contributed by atoms with van der Waals surface area (Å²) in [6, 6.07) is 4.19. The number of morpholine rings is 1. The maximum absolute atomic E-state index is 12.7. The summed E-state index contributed by atoms with van der Waals surface area (Å²) in [4.78, 5) is 17.3. The van der Waals surface area contributed by atoms with E-state index in [1.54, 1.807) is 11.3 Å². The minimum atomic E-state index is 0.0181. The standard InChI is InChI=1S/C21H32N6O2S/c1-16-6-7-17(2)27(16)21-24-23-20(30-21)26-10-3-5-18(15-26)19(28)22-8-4-9-25-11-13-29-14-12-25/h6-7,18H,3-5,8-15H2,1-2H3,(H,22,28). The largest absolute Gasteiger partial charge is 0.379 e. The van der Waals surface area contributed by atoms with Crippen molar-refractivity contribution in [2.45, 2.75) is 33.1 Å². The van der Waals surface area contributed by atoms with E-state index in [2.05, 4.69) is 55.9 Å². The zero-order chi connectivity index (χ0) is 20.9. The number of hydrogen-bond donors (Lipinski definition) is 1. The predicted molar refractivity (Wildman–Crippen MR) is 119 cm³/mol. The summed E-state index contributed by atoms with van der Waals surface area (Å²) in [5.41, 5.74) is 2.31. The van der Waals surface area contributed by atoms with Crippen molar-refractivity contribution in [3.8, 4) is 5.13 Å². The number of nitrogens with one attached hydrogen (secondary N) is 1. The zero-order valence-electron chi connectivity index (χ0n) is 18.0. The van der Waals surface area contributed by atoms with Crippen molar-refractivity contribution in [1.82, 2.24) is 25.0 Å². The average Bonchev–Trinajstić information content (AvgIpc) is 3.38. The SMILES string of the molecule is Cc1ccc(C)n1-c1nnc(N2CCCC(C(=O)NCCCN3CCOCC3)C2)s1. The van der Waals surface area contributed by atoms with Crippen LogP contribution in [0.4, 0.5) is 5.13 Å². The number of carbonyl (C=O) groups is 1. The Kier molecular flexibility index (Phi) is 7.01. The summed E-state index contributed by atoms with van der Waals surface area (Å²) in [7, 11) is 0. The molecule has 2 aliphatic heterocycles. The second-order valence-corrected chi connectivity index (χ2v) is 9.14. The molecule has 1 amide bonds. The molecule has 0 radical (unpaired) electrons. The Morgan fingerprint density at radius 2 is 1.90 bits per heavy atom. The fourth-order valence-electron chi connectivity index (χ4n) is 4.24. The molecule has 0 aliphatic carbocycles. The van der Waals surface area contributed by atoms with E-state index in [4.69, 9.17) is 4.74 Å². The van der Waals surface area contributed by atoms with Gasteiger partial charge in [-0.3, -0.25) is 14.3 Å². The summed E-state index contributed by atoms with van der Waals surface area (Å²) in [5.74, 6) is 0.188. The minimum Gasteiger partial charge on any atom is -0.379 e. The van der Waals surface area contributed by atoms with Gasteiger partial charge in [-0.1, -0.05) is 11.3 Å². The van der Waals surface area contributed by atoms with E-state index in [1.165, 1.54) is 0 Å². The third kappa shape index (κ3) is 5.01. The van der Waals surface area contributed by atoms with Gasteiger partial charge in [-0.2, -0.15) is 0 Å². The summed E-state index contributed by atoms with van der Waals surface area (Å²) >= 11 is 1.60. The molecular weight excluding hydrogens is 400 g/mol. The highest BCUT2D eigenvalue weighted by molar-refractivity contribution is 7.17. The first-order valence-electron chi connectivity index (χ1n) is 10.9. The van der Waals surface area contributed by atoms with Crippen LogP contribution >= 0.6 is 11.3 Å². The number of piperidine rings is 1. The molecule has 0 bridgehead atoms. The Balaban J connectivity index is 1.27. The van der Waals surface area contributed by atoms with Crippen LogP contribution in [-0.4, -0.2) is 78.1 Å². The molecule has 2 aromatic heterocycles. The molecule has 4 rings (SSSR count). The van der Waals surface area contributed by atoms with Crippen LogP contribution in [0.15, 0.2) is 12.1 Å². The van der Waals surface area contributed by atoms with Gasteiger partial charge in [-0.05, 0) is 51.8 Å². The molecule has 4 heterocycles. The summed E-state index contributed by atoms with van der Waals surface area (Å²) < 4.78 is 7.51. The topological polar surface area (TPSA) is 75.5 Å². The van der Waals surface area contributed by atoms with Crippen LogP contribution in [0.25, 0.3) is 5.13 Å². The fraction of sp³-hybridized carbons (Fsp3) is 0.667. The van der Waals surface area contributed by atoms with Crippen molar-refractivity contribution < 1.29 is 9.53 Å². The maximum Gasteiger partial charge on any atom is 0.224 e. The number of aryl methyl sites for hydroxylation is 2. The third-order valence-corrected chi connectivity index (χ3v) is 6.95. The molecule has 0 saturated carbocycles. The molecule has 9 heteroatoms. The number of nitrogens with zero attached hydrogens (tertiary/aromatic N) is 5. The number of aromatic nitrogens is 3. The van der Waals surface area contributed by atoms with Crippen molar-refractivity contribution >= 4 is 22.4 Å². The molecule has 1 N–H and O–H groups in total. The number of carbonyl (C=O) groups excluding carboxylic acids is 1. The van der Waals surface area contributed by atoms with Crippen molar-refractivity contribution in [2.75, 3.05) is 57.4 Å². The molecular formula is C21H32N6O2S. The highest BCUT2D eigenvalue weighted by atomic mass is 32.1. The van der Waals surface area contributed by atoms with E-state index in [9.17, 15) is 4.79 Å². The van der Waals surface area contributed by atoms with Gasteiger partial charge in [0.05, 0.1) is 19.1 Å². The lowest BCUT2D eigenvalue weighted by molar-refractivity contribution is -0.125. The number of hydrogen-bond acceptors (Lipinski definition) is 7. The highest BCUT2D eigenvalue weighted by Gasteiger charge is 2.28. The quantitative estimate of drug-likeness (QED) is 0.675. The van der Waals surface area contributed by atoms with Gasteiger partial charge in [0.25, 0.3) is 0 Å². The first kappa shape index (κ1) is 21.3. The normalized spacial score (nSPS) is 20.5. The van der Waals surface area contributed by atoms with Crippen LogP contribution in [0.1, 0.15) is 30.7 Å². The lowest BCUT2D eigenvalue weighted by Gasteiger charge is -2.31. The molecule has 1 atom stereocenters. The first-order valence-corrected chi connectivity index (χ1v) is 11.7. The molecule has 0 aromatic carbocycles.